The molecule has 0 aliphatic carbocycles. The number of ether oxygens (including phenoxy) is 2. The monoisotopic (exact) mass is 339 g/mol. The average molecular weight is 339 g/mol. The van der Waals surface area contributed by atoms with Crippen molar-refractivity contribution in [1.82, 2.24) is 14.7 Å². The van der Waals surface area contributed by atoms with Crippen molar-refractivity contribution in [3.8, 4) is 5.75 Å². The number of pyridine rings is 1. The predicted octanol–water partition coefficient (Wildman–Crippen LogP) is 2.01. The van der Waals surface area contributed by atoms with Gasteiger partial charge in [0, 0.05) is 32.5 Å². The van der Waals surface area contributed by atoms with Crippen molar-refractivity contribution in [3.63, 3.8) is 0 Å². The van der Waals surface area contributed by atoms with E-state index in [1.807, 2.05) is 42.5 Å². The van der Waals surface area contributed by atoms with Crippen molar-refractivity contribution < 1.29 is 9.47 Å². The van der Waals surface area contributed by atoms with Crippen molar-refractivity contribution in [1.29, 1.82) is 0 Å². The molecule has 2 heterocycles. The normalized spacial score (nSPS) is 10.9. The Morgan fingerprint density at radius 1 is 1.08 bits per heavy atom. The summed E-state index contributed by atoms with van der Waals surface area (Å²) >= 11 is 0. The van der Waals surface area contributed by atoms with E-state index in [0.29, 0.717) is 32.0 Å². The number of methoxy groups -OCH3 is 1. The van der Waals surface area contributed by atoms with Crippen LogP contribution in [0.15, 0.2) is 59.5 Å². The lowest BCUT2D eigenvalue weighted by Crippen LogP contribution is -2.19. The molecule has 130 valence electrons. The molecule has 0 unspecified atom stereocenters. The molecule has 2 aromatic heterocycles. The van der Waals surface area contributed by atoms with Gasteiger partial charge in [0.25, 0.3) is 5.56 Å². The van der Waals surface area contributed by atoms with Crippen LogP contribution >= 0.6 is 0 Å². The van der Waals surface area contributed by atoms with E-state index in [0.717, 1.165) is 17.0 Å². The Hall–Kier alpha value is -2.70. The maximum Gasteiger partial charge on any atom is 0.258 e. The van der Waals surface area contributed by atoms with Crippen LogP contribution in [0.1, 0.15) is 11.3 Å². The van der Waals surface area contributed by atoms with E-state index in [4.69, 9.17) is 9.47 Å². The van der Waals surface area contributed by atoms with Gasteiger partial charge in [0.2, 0.25) is 0 Å². The fourth-order valence-electron chi connectivity index (χ4n) is 2.52. The van der Waals surface area contributed by atoms with Crippen molar-refractivity contribution >= 4 is 5.65 Å². The number of nitrogens with zero attached hydrogens (tertiary/aromatic N) is 2. The van der Waals surface area contributed by atoms with E-state index in [-0.39, 0.29) is 5.56 Å². The average Bonchev–Trinajstić information content (AvgIpc) is 2.62. The number of nitrogens with one attached hydrogen (secondary N) is 1. The summed E-state index contributed by atoms with van der Waals surface area (Å²) in [4.78, 5) is 16.6. The Bertz CT molecular complexity index is 892. The molecule has 6 nitrogen and oxygen atoms in total. The molecule has 6 heteroatoms. The zero-order valence-corrected chi connectivity index (χ0v) is 14.1. The third kappa shape index (κ3) is 4.65. The molecule has 0 aliphatic rings. The van der Waals surface area contributed by atoms with Gasteiger partial charge in [-0.1, -0.05) is 18.2 Å². The van der Waals surface area contributed by atoms with Crippen LogP contribution in [-0.4, -0.2) is 29.7 Å². The second-order valence-electron chi connectivity index (χ2n) is 5.61. The van der Waals surface area contributed by atoms with E-state index in [9.17, 15) is 4.79 Å². The number of benzene rings is 1. The van der Waals surface area contributed by atoms with Gasteiger partial charge in [0.15, 0.2) is 0 Å². The van der Waals surface area contributed by atoms with Gasteiger partial charge in [-0.05, 0) is 29.8 Å². The summed E-state index contributed by atoms with van der Waals surface area (Å²) in [5.41, 5.74) is 2.41. The lowest BCUT2D eigenvalue weighted by Gasteiger charge is -2.09. The minimum absolute atomic E-state index is 0.0732. The molecule has 0 amide bonds. The van der Waals surface area contributed by atoms with Gasteiger partial charge < -0.3 is 14.8 Å². The van der Waals surface area contributed by atoms with Crippen molar-refractivity contribution in [2.45, 2.75) is 13.1 Å². The van der Waals surface area contributed by atoms with E-state index in [2.05, 4.69) is 10.3 Å². The number of hydrogen-bond acceptors (Lipinski definition) is 5. The van der Waals surface area contributed by atoms with E-state index >= 15 is 0 Å². The molecule has 0 saturated carbocycles. The molecular weight excluding hydrogens is 318 g/mol. The minimum atomic E-state index is -0.0732. The van der Waals surface area contributed by atoms with Gasteiger partial charge in [0.1, 0.15) is 18.0 Å². The topological polar surface area (TPSA) is 64.9 Å². The maximum absolute atomic E-state index is 12.1. The Balaban J connectivity index is 1.59. The largest absolute Gasteiger partial charge is 0.491 e. The molecule has 3 aromatic rings. The molecule has 0 atom stereocenters. The Morgan fingerprint density at radius 2 is 2.00 bits per heavy atom. The standard InChI is InChI=1S/C19H21N3O3/c1-24-9-10-25-17-6-4-5-15(11-17)13-20-14-16-12-19(23)22-8-3-2-7-18(22)21-16/h2-8,11-12,20H,9-10,13-14H2,1H3. The zero-order valence-electron chi connectivity index (χ0n) is 14.1. The summed E-state index contributed by atoms with van der Waals surface area (Å²) in [5, 5.41) is 3.31. The summed E-state index contributed by atoms with van der Waals surface area (Å²) in [6, 6.07) is 15.0. The second kappa shape index (κ2) is 8.41. The Kier molecular flexibility index (Phi) is 5.77. The molecule has 1 aromatic carbocycles. The zero-order chi connectivity index (χ0) is 17.5. The summed E-state index contributed by atoms with van der Waals surface area (Å²) in [7, 11) is 1.65. The van der Waals surface area contributed by atoms with E-state index in [1.165, 1.54) is 4.40 Å². The highest BCUT2D eigenvalue weighted by Crippen LogP contribution is 2.13. The first-order chi connectivity index (χ1) is 12.3. The van der Waals surface area contributed by atoms with Crippen LogP contribution < -0.4 is 15.6 Å². The first-order valence-corrected chi connectivity index (χ1v) is 8.15. The highest BCUT2D eigenvalue weighted by Gasteiger charge is 2.02. The molecule has 1 N–H and O–H groups in total. The number of rotatable bonds is 8. The van der Waals surface area contributed by atoms with Crippen molar-refractivity contribution in [2.24, 2.45) is 0 Å². The maximum atomic E-state index is 12.1. The van der Waals surface area contributed by atoms with Gasteiger partial charge in [-0.2, -0.15) is 0 Å². The number of aromatic nitrogens is 2. The molecule has 0 fully saturated rings. The lowest BCUT2D eigenvalue weighted by atomic mass is 10.2. The van der Waals surface area contributed by atoms with Crippen molar-refractivity contribution in [3.05, 3.63) is 76.3 Å². The van der Waals surface area contributed by atoms with Crippen molar-refractivity contribution in [2.75, 3.05) is 20.3 Å². The molecule has 3 rings (SSSR count). The number of hydrogen-bond donors (Lipinski definition) is 1. The minimum Gasteiger partial charge on any atom is -0.491 e. The van der Waals surface area contributed by atoms with Crippen LogP contribution in [0.2, 0.25) is 0 Å². The summed E-state index contributed by atoms with van der Waals surface area (Å²) < 4.78 is 12.1. The van der Waals surface area contributed by atoms with Gasteiger partial charge in [-0.3, -0.25) is 9.20 Å². The van der Waals surface area contributed by atoms with E-state index < -0.39 is 0 Å². The van der Waals surface area contributed by atoms with Crippen LogP contribution in [0, 0.1) is 0 Å². The summed E-state index contributed by atoms with van der Waals surface area (Å²) in [5.74, 6) is 0.818. The molecule has 25 heavy (non-hydrogen) atoms. The third-order valence-corrected chi connectivity index (χ3v) is 3.71. The first kappa shape index (κ1) is 17.1. The summed E-state index contributed by atoms with van der Waals surface area (Å²) in [6.07, 6.45) is 1.72. The Labute approximate surface area is 146 Å². The lowest BCUT2D eigenvalue weighted by molar-refractivity contribution is 0.146. The van der Waals surface area contributed by atoms with Gasteiger partial charge in [-0.25, -0.2) is 4.98 Å². The fourth-order valence-corrected chi connectivity index (χ4v) is 2.52. The SMILES string of the molecule is COCCOc1cccc(CNCc2cc(=O)n3ccccc3n2)c1. The smallest absolute Gasteiger partial charge is 0.258 e. The second-order valence-corrected chi connectivity index (χ2v) is 5.61. The molecule has 0 spiro atoms. The molecule has 0 bridgehead atoms. The molecular formula is C19H21N3O3. The molecule has 0 radical (unpaired) electrons. The van der Waals surface area contributed by atoms with Crippen LogP contribution in [0.4, 0.5) is 0 Å². The van der Waals surface area contributed by atoms with Gasteiger partial charge in [0.05, 0.1) is 12.3 Å². The molecule has 0 aliphatic heterocycles. The van der Waals surface area contributed by atoms with Crippen LogP contribution in [0.5, 0.6) is 5.75 Å². The fraction of sp³-hybridized carbons (Fsp3) is 0.263. The quantitative estimate of drug-likeness (QED) is 0.636. The molecule has 0 saturated heterocycles. The van der Waals surface area contributed by atoms with E-state index in [1.54, 1.807) is 19.4 Å². The predicted molar refractivity (Wildman–Crippen MR) is 95.8 cm³/mol. The van der Waals surface area contributed by atoms with Crippen LogP contribution in [0.25, 0.3) is 5.65 Å². The van der Waals surface area contributed by atoms with Crippen LogP contribution in [-0.2, 0) is 17.8 Å². The summed E-state index contributed by atoms with van der Waals surface area (Å²) in [6.45, 7) is 2.27. The first-order valence-electron chi connectivity index (χ1n) is 8.15. The highest BCUT2D eigenvalue weighted by atomic mass is 16.5. The van der Waals surface area contributed by atoms with Gasteiger partial charge >= 0.3 is 0 Å². The highest BCUT2D eigenvalue weighted by molar-refractivity contribution is 5.38. The van der Waals surface area contributed by atoms with Crippen LogP contribution in [0.3, 0.4) is 0 Å². The third-order valence-electron chi connectivity index (χ3n) is 3.71. The number of fused-ring (bicyclic) bond motifs is 1. The van der Waals surface area contributed by atoms with Gasteiger partial charge in [-0.15, -0.1) is 0 Å². The Morgan fingerprint density at radius 3 is 2.88 bits per heavy atom.